The molecule has 1 aliphatic rings. The van der Waals surface area contributed by atoms with Crippen molar-refractivity contribution >= 4 is 0 Å². The Kier molecular flexibility index (Phi) is 3.42. The predicted molar refractivity (Wildman–Crippen MR) is 49.8 cm³/mol. The summed E-state index contributed by atoms with van der Waals surface area (Å²) >= 11 is 0. The molecule has 0 aliphatic carbocycles. The molecular weight excluding hydrogens is 169 g/mol. The van der Waals surface area contributed by atoms with Crippen molar-refractivity contribution in [1.82, 2.24) is 14.7 Å². The molecule has 1 aliphatic heterocycles. The van der Waals surface area contributed by atoms with Gasteiger partial charge in [0.1, 0.15) is 0 Å². The summed E-state index contributed by atoms with van der Waals surface area (Å²) in [6, 6.07) is 0. The molecule has 13 heavy (non-hydrogen) atoms. The van der Waals surface area contributed by atoms with Gasteiger partial charge in [-0.1, -0.05) is 13.8 Å². The molecule has 0 N–H and O–H groups in total. The lowest BCUT2D eigenvalue weighted by molar-refractivity contribution is -0.00268. The molecule has 0 fully saturated rings. The van der Waals surface area contributed by atoms with E-state index in [2.05, 4.69) is 4.98 Å². The second kappa shape index (κ2) is 4.37. The van der Waals surface area contributed by atoms with Crippen molar-refractivity contribution in [3.63, 3.8) is 0 Å². The molecule has 2 rings (SSSR count). The van der Waals surface area contributed by atoms with Gasteiger partial charge in [0.15, 0.2) is 0 Å². The van der Waals surface area contributed by atoms with Crippen molar-refractivity contribution in [2.24, 2.45) is 0 Å². The highest BCUT2D eigenvalue weighted by Gasteiger charge is 2.17. The highest BCUT2D eigenvalue weighted by Crippen LogP contribution is 2.14. The molecule has 0 spiro atoms. The van der Waals surface area contributed by atoms with E-state index in [9.17, 15) is 4.48 Å². The average Bonchev–Trinajstić information content (AvgIpc) is 2.52. The lowest BCUT2D eigenvalue weighted by Gasteiger charge is -2.20. The number of imidazole rings is 1. The van der Waals surface area contributed by atoms with Gasteiger partial charge < -0.3 is 4.57 Å². The summed E-state index contributed by atoms with van der Waals surface area (Å²) in [4.78, 5) is 4.10. The fourth-order valence-corrected chi connectivity index (χ4v) is 1.36. The van der Waals surface area contributed by atoms with Gasteiger partial charge in [-0.3, -0.25) is 0 Å². The van der Waals surface area contributed by atoms with Crippen LogP contribution in [-0.4, -0.2) is 21.2 Å². The Balaban J connectivity index is 0.000000396. The number of halogens is 1. The largest absolute Gasteiger partial charge is 0.332 e. The number of rotatable bonds is 0. The van der Waals surface area contributed by atoms with Crippen LogP contribution in [0, 0.1) is 6.92 Å². The Morgan fingerprint density at radius 1 is 1.38 bits per heavy atom. The van der Waals surface area contributed by atoms with Gasteiger partial charge in [0.2, 0.25) is 0 Å². The van der Waals surface area contributed by atoms with Gasteiger partial charge in [-0.25, -0.2) is 4.98 Å². The van der Waals surface area contributed by atoms with Crippen LogP contribution >= 0.6 is 0 Å². The normalized spacial score (nSPS) is 16.0. The molecule has 0 bridgehead atoms. The minimum Gasteiger partial charge on any atom is -0.332 e. The van der Waals surface area contributed by atoms with E-state index in [4.69, 9.17) is 0 Å². The zero-order valence-corrected chi connectivity index (χ0v) is 8.42. The molecule has 0 unspecified atom stereocenters. The number of nitrogens with zero attached hydrogens (tertiary/aromatic N) is 3. The van der Waals surface area contributed by atoms with Gasteiger partial charge in [-0.2, -0.15) is 0 Å². The first-order valence-corrected chi connectivity index (χ1v) is 4.68. The highest BCUT2D eigenvalue weighted by molar-refractivity contribution is 5.12. The first-order valence-electron chi connectivity index (χ1n) is 4.68. The molecule has 0 saturated heterocycles. The lowest BCUT2D eigenvalue weighted by Crippen LogP contribution is -2.27. The van der Waals surface area contributed by atoms with Gasteiger partial charge in [0.05, 0.1) is 24.3 Å². The van der Waals surface area contributed by atoms with Crippen molar-refractivity contribution in [2.75, 3.05) is 6.54 Å². The van der Waals surface area contributed by atoms with Gasteiger partial charge >= 0.3 is 0 Å². The maximum absolute atomic E-state index is 12.7. The topological polar surface area (TPSA) is 21.1 Å². The predicted octanol–water partition coefficient (Wildman–Crippen LogP) is 1.92. The Labute approximate surface area is 78.1 Å². The van der Waals surface area contributed by atoms with E-state index in [0.29, 0.717) is 19.6 Å². The number of aromatic nitrogens is 2. The van der Waals surface area contributed by atoms with Crippen LogP contribution in [0.5, 0.6) is 0 Å². The Hall–Kier alpha value is -0.900. The van der Waals surface area contributed by atoms with Crippen LogP contribution in [0.25, 0.3) is 0 Å². The minimum atomic E-state index is 0.381. The fraction of sp³-hybridized carbons (Fsp3) is 0.667. The molecule has 0 amide bonds. The number of hydrogen-bond acceptors (Lipinski definition) is 2. The fourth-order valence-electron chi connectivity index (χ4n) is 1.36. The maximum atomic E-state index is 12.7. The van der Waals surface area contributed by atoms with Gasteiger partial charge in [-0.15, -0.1) is 9.60 Å². The molecule has 74 valence electrons. The Morgan fingerprint density at radius 2 is 2.08 bits per heavy atom. The molecular formula is C9H16FN3. The second-order valence-electron chi connectivity index (χ2n) is 2.81. The first-order chi connectivity index (χ1) is 6.27. The second-order valence-corrected chi connectivity index (χ2v) is 2.81. The minimum absolute atomic E-state index is 0.381. The number of aryl methyl sites for hydroxylation is 1. The molecule has 4 heteroatoms. The summed E-state index contributed by atoms with van der Waals surface area (Å²) in [5, 5.41) is 0.823. The van der Waals surface area contributed by atoms with E-state index in [1.54, 1.807) is 6.33 Å². The lowest BCUT2D eigenvalue weighted by atomic mass is 10.3. The summed E-state index contributed by atoms with van der Waals surface area (Å²) in [6.45, 7) is 7.48. The molecule has 1 aromatic rings. The smallest absolute Gasteiger partial charge is 0.0952 e. The van der Waals surface area contributed by atoms with Crippen molar-refractivity contribution in [2.45, 2.75) is 33.9 Å². The van der Waals surface area contributed by atoms with Crippen molar-refractivity contribution in [3.05, 3.63) is 17.7 Å². The Morgan fingerprint density at radius 3 is 2.77 bits per heavy atom. The van der Waals surface area contributed by atoms with E-state index in [1.165, 1.54) is 0 Å². The molecule has 0 aromatic carbocycles. The summed E-state index contributed by atoms with van der Waals surface area (Å²) in [6.07, 6.45) is 1.78. The average molecular weight is 185 g/mol. The summed E-state index contributed by atoms with van der Waals surface area (Å²) < 4.78 is 14.7. The van der Waals surface area contributed by atoms with Crippen LogP contribution in [0.1, 0.15) is 25.2 Å². The van der Waals surface area contributed by atoms with E-state index < -0.39 is 0 Å². The quantitative estimate of drug-likeness (QED) is 0.576. The molecule has 0 atom stereocenters. The van der Waals surface area contributed by atoms with E-state index in [0.717, 1.165) is 16.5 Å². The van der Waals surface area contributed by atoms with E-state index in [1.807, 2.05) is 25.3 Å². The Bertz CT molecular complexity index is 270. The standard InChI is InChI=1S/C7H10FN3.C2H6/c1-6-7-4-11(8)3-2-10(7)5-9-6;1-2/h5H,2-4H2,1H3;1-2H3. The summed E-state index contributed by atoms with van der Waals surface area (Å²) in [5.41, 5.74) is 1.94. The third-order valence-electron chi connectivity index (χ3n) is 2.06. The van der Waals surface area contributed by atoms with Crippen LogP contribution in [0.2, 0.25) is 0 Å². The van der Waals surface area contributed by atoms with E-state index in [-0.39, 0.29) is 0 Å². The SMILES string of the molecule is CC.Cc1ncn2c1CN(F)CC2. The molecule has 1 aromatic heterocycles. The summed E-state index contributed by atoms with van der Waals surface area (Å²) in [5.74, 6) is 0. The van der Waals surface area contributed by atoms with Gasteiger partial charge in [0, 0.05) is 13.1 Å². The first kappa shape index (κ1) is 10.2. The third-order valence-corrected chi connectivity index (χ3v) is 2.06. The highest BCUT2D eigenvalue weighted by atomic mass is 19.2. The summed E-state index contributed by atoms with van der Waals surface area (Å²) in [7, 11) is 0. The third kappa shape index (κ3) is 2.06. The van der Waals surface area contributed by atoms with Crippen LogP contribution in [0.4, 0.5) is 4.48 Å². The van der Waals surface area contributed by atoms with Crippen LogP contribution in [0.15, 0.2) is 6.33 Å². The van der Waals surface area contributed by atoms with Crippen molar-refractivity contribution in [1.29, 1.82) is 0 Å². The van der Waals surface area contributed by atoms with Crippen molar-refractivity contribution in [3.8, 4) is 0 Å². The van der Waals surface area contributed by atoms with Crippen LogP contribution in [-0.2, 0) is 13.1 Å². The number of hydrogen-bond donors (Lipinski definition) is 0. The van der Waals surface area contributed by atoms with Crippen LogP contribution < -0.4 is 0 Å². The van der Waals surface area contributed by atoms with Gasteiger partial charge in [-0.05, 0) is 6.92 Å². The van der Waals surface area contributed by atoms with E-state index >= 15 is 0 Å². The zero-order chi connectivity index (χ0) is 9.84. The van der Waals surface area contributed by atoms with Crippen LogP contribution in [0.3, 0.4) is 0 Å². The maximum Gasteiger partial charge on any atom is 0.0952 e. The monoisotopic (exact) mass is 185 g/mol. The zero-order valence-electron chi connectivity index (χ0n) is 8.42. The number of fused-ring (bicyclic) bond motifs is 1. The molecule has 0 saturated carbocycles. The van der Waals surface area contributed by atoms with Crippen molar-refractivity contribution < 1.29 is 4.48 Å². The molecule has 2 heterocycles. The van der Waals surface area contributed by atoms with Gasteiger partial charge in [0.25, 0.3) is 0 Å². The molecule has 3 nitrogen and oxygen atoms in total. The molecule has 0 radical (unpaired) electrons.